The van der Waals surface area contributed by atoms with Gasteiger partial charge in [-0.25, -0.2) is 4.79 Å². The van der Waals surface area contributed by atoms with E-state index in [4.69, 9.17) is 5.11 Å². The molecule has 0 aliphatic carbocycles. The van der Waals surface area contributed by atoms with Gasteiger partial charge in [-0.05, 0) is 24.1 Å². The molecular formula is C13H16O5S. The molecule has 19 heavy (non-hydrogen) atoms. The lowest BCUT2D eigenvalue weighted by Crippen LogP contribution is -2.25. The molecule has 1 aromatic rings. The molecule has 1 aromatic carbocycles. The van der Waals surface area contributed by atoms with Crippen molar-refractivity contribution in [2.75, 3.05) is 7.11 Å². The topological polar surface area (TPSA) is 80.7 Å². The predicted molar refractivity (Wildman–Crippen MR) is 71.3 cm³/mol. The molecule has 5 nitrogen and oxygen atoms in total. The lowest BCUT2D eigenvalue weighted by atomic mass is 10.1. The standard InChI is InChI=1S/C13H16O5S/c1-3-11(12(14)15)19(17)8-9-5-4-6-10(7-9)13(16)18-2/h4-7,11H,3,8H2,1-2H3,(H,14,15). The summed E-state index contributed by atoms with van der Waals surface area (Å²) in [6.07, 6.45) is 0.304. The normalized spacial score (nSPS) is 13.6. The first-order chi connectivity index (χ1) is 8.99. The molecule has 0 heterocycles. The quantitative estimate of drug-likeness (QED) is 0.802. The summed E-state index contributed by atoms with van der Waals surface area (Å²) in [5, 5.41) is 8.05. The van der Waals surface area contributed by atoms with E-state index in [9.17, 15) is 13.8 Å². The van der Waals surface area contributed by atoms with Crippen LogP contribution in [0.4, 0.5) is 0 Å². The molecule has 0 aromatic heterocycles. The molecule has 2 unspecified atom stereocenters. The molecule has 0 radical (unpaired) electrons. The van der Waals surface area contributed by atoms with Gasteiger partial charge >= 0.3 is 11.9 Å². The molecule has 0 aliphatic heterocycles. The van der Waals surface area contributed by atoms with Crippen LogP contribution in [0.1, 0.15) is 29.3 Å². The van der Waals surface area contributed by atoms with E-state index in [0.29, 0.717) is 17.5 Å². The van der Waals surface area contributed by atoms with Crippen molar-refractivity contribution in [2.45, 2.75) is 24.3 Å². The molecule has 0 aliphatic rings. The SMILES string of the molecule is CCC(C(=O)O)S(=O)Cc1cccc(C(=O)OC)c1. The monoisotopic (exact) mass is 284 g/mol. The summed E-state index contributed by atoms with van der Waals surface area (Å²) in [5.74, 6) is -1.43. The highest BCUT2D eigenvalue weighted by Crippen LogP contribution is 2.13. The molecular weight excluding hydrogens is 268 g/mol. The van der Waals surface area contributed by atoms with Gasteiger partial charge in [-0.2, -0.15) is 0 Å². The maximum Gasteiger partial charge on any atom is 0.337 e. The fourth-order valence-electron chi connectivity index (χ4n) is 1.64. The maximum absolute atomic E-state index is 11.9. The van der Waals surface area contributed by atoms with Crippen LogP contribution in [0.15, 0.2) is 24.3 Å². The van der Waals surface area contributed by atoms with Crippen LogP contribution < -0.4 is 0 Å². The first kappa shape index (κ1) is 15.4. The van der Waals surface area contributed by atoms with Gasteiger partial charge in [0.05, 0.1) is 12.7 Å². The average Bonchev–Trinajstić information content (AvgIpc) is 2.38. The number of hydrogen-bond acceptors (Lipinski definition) is 4. The summed E-state index contributed by atoms with van der Waals surface area (Å²) >= 11 is 0. The number of carboxylic acids is 1. The Morgan fingerprint density at radius 2 is 2.11 bits per heavy atom. The number of hydrogen-bond donors (Lipinski definition) is 1. The Labute approximate surface area is 114 Å². The largest absolute Gasteiger partial charge is 0.480 e. The molecule has 2 atom stereocenters. The molecule has 1 rings (SSSR count). The zero-order chi connectivity index (χ0) is 14.4. The Bertz CT molecular complexity index is 498. The number of ether oxygens (including phenoxy) is 1. The Morgan fingerprint density at radius 1 is 1.42 bits per heavy atom. The van der Waals surface area contributed by atoms with Crippen molar-refractivity contribution >= 4 is 22.7 Å². The van der Waals surface area contributed by atoms with E-state index in [1.165, 1.54) is 7.11 Å². The molecule has 0 amide bonds. The molecule has 0 bridgehead atoms. The van der Waals surface area contributed by atoms with Gasteiger partial charge in [0.25, 0.3) is 0 Å². The molecule has 0 fully saturated rings. The van der Waals surface area contributed by atoms with E-state index >= 15 is 0 Å². The Kier molecular flexibility index (Phi) is 5.69. The van der Waals surface area contributed by atoms with Gasteiger partial charge in [0.1, 0.15) is 5.25 Å². The van der Waals surface area contributed by atoms with Crippen molar-refractivity contribution in [1.29, 1.82) is 0 Å². The minimum absolute atomic E-state index is 0.107. The van der Waals surface area contributed by atoms with E-state index in [1.54, 1.807) is 31.2 Å². The summed E-state index contributed by atoms with van der Waals surface area (Å²) in [7, 11) is -0.232. The number of methoxy groups -OCH3 is 1. The van der Waals surface area contributed by atoms with Gasteiger partial charge in [-0.15, -0.1) is 0 Å². The van der Waals surface area contributed by atoms with Crippen molar-refractivity contribution in [3.63, 3.8) is 0 Å². The minimum atomic E-state index is -1.51. The third kappa shape index (κ3) is 4.17. The summed E-state index contributed by atoms with van der Waals surface area (Å²) < 4.78 is 16.5. The van der Waals surface area contributed by atoms with Crippen molar-refractivity contribution in [3.8, 4) is 0 Å². The molecule has 0 saturated heterocycles. The smallest absolute Gasteiger partial charge is 0.337 e. The lowest BCUT2D eigenvalue weighted by molar-refractivity contribution is -0.136. The van der Waals surface area contributed by atoms with Gasteiger partial charge in [0, 0.05) is 16.6 Å². The first-order valence-corrected chi connectivity index (χ1v) is 7.15. The van der Waals surface area contributed by atoms with E-state index in [2.05, 4.69) is 4.74 Å². The Balaban J connectivity index is 2.85. The Hall–Kier alpha value is -1.69. The second-order valence-electron chi connectivity index (χ2n) is 3.95. The fraction of sp³-hybridized carbons (Fsp3) is 0.385. The van der Waals surface area contributed by atoms with Crippen LogP contribution in [0, 0.1) is 0 Å². The summed E-state index contributed by atoms with van der Waals surface area (Å²) in [5.41, 5.74) is 1.02. The van der Waals surface area contributed by atoms with Crippen LogP contribution in [0.25, 0.3) is 0 Å². The zero-order valence-corrected chi connectivity index (χ0v) is 11.6. The fourth-order valence-corrected chi connectivity index (χ4v) is 2.95. The van der Waals surface area contributed by atoms with Crippen LogP contribution in [-0.4, -0.2) is 33.6 Å². The summed E-state index contributed by atoms with van der Waals surface area (Å²) in [6, 6.07) is 6.52. The summed E-state index contributed by atoms with van der Waals surface area (Å²) in [6.45, 7) is 1.68. The van der Waals surface area contributed by atoms with Crippen molar-refractivity contribution in [1.82, 2.24) is 0 Å². The summed E-state index contributed by atoms with van der Waals surface area (Å²) in [4.78, 5) is 22.3. The molecule has 6 heteroatoms. The number of esters is 1. The second kappa shape index (κ2) is 7.04. The number of carboxylic acid groups (broad SMARTS) is 1. The van der Waals surface area contributed by atoms with Gasteiger partial charge in [-0.3, -0.25) is 9.00 Å². The zero-order valence-electron chi connectivity index (χ0n) is 10.8. The van der Waals surface area contributed by atoms with Gasteiger partial charge in [0.15, 0.2) is 0 Å². The molecule has 1 N–H and O–H groups in total. The van der Waals surface area contributed by atoms with Crippen LogP contribution >= 0.6 is 0 Å². The second-order valence-corrected chi connectivity index (χ2v) is 5.57. The van der Waals surface area contributed by atoms with Crippen molar-refractivity contribution < 1.29 is 23.6 Å². The highest BCUT2D eigenvalue weighted by atomic mass is 32.2. The van der Waals surface area contributed by atoms with Gasteiger partial charge in [-0.1, -0.05) is 19.1 Å². The van der Waals surface area contributed by atoms with Crippen LogP contribution in [0.3, 0.4) is 0 Å². The van der Waals surface area contributed by atoms with E-state index in [0.717, 1.165) is 0 Å². The Morgan fingerprint density at radius 3 is 2.63 bits per heavy atom. The first-order valence-electron chi connectivity index (χ1n) is 5.76. The average molecular weight is 284 g/mol. The van der Waals surface area contributed by atoms with Crippen LogP contribution in [0.2, 0.25) is 0 Å². The molecule has 104 valence electrons. The van der Waals surface area contributed by atoms with Crippen LogP contribution in [0.5, 0.6) is 0 Å². The van der Waals surface area contributed by atoms with E-state index in [-0.39, 0.29) is 5.75 Å². The minimum Gasteiger partial charge on any atom is -0.480 e. The highest BCUT2D eigenvalue weighted by Gasteiger charge is 2.22. The van der Waals surface area contributed by atoms with Gasteiger partial charge in [0.2, 0.25) is 0 Å². The van der Waals surface area contributed by atoms with E-state index in [1.807, 2.05) is 0 Å². The molecule has 0 saturated carbocycles. The highest BCUT2D eigenvalue weighted by molar-refractivity contribution is 7.85. The molecule has 0 spiro atoms. The third-order valence-corrected chi connectivity index (χ3v) is 4.41. The van der Waals surface area contributed by atoms with E-state index < -0.39 is 28.0 Å². The number of rotatable bonds is 6. The lowest BCUT2D eigenvalue weighted by Gasteiger charge is -2.10. The van der Waals surface area contributed by atoms with Gasteiger partial charge < -0.3 is 9.84 Å². The van der Waals surface area contributed by atoms with Crippen molar-refractivity contribution in [3.05, 3.63) is 35.4 Å². The number of carbonyl (C=O) groups excluding carboxylic acids is 1. The predicted octanol–water partition coefficient (Wildman–Crippen LogP) is 1.59. The number of aliphatic carboxylic acids is 1. The van der Waals surface area contributed by atoms with Crippen molar-refractivity contribution in [2.24, 2.45) is 0 Å². The van der Waals surface area contributed by atoms with Crippen LogP contribution in [-0.2, 0) is 26.1 Å². The number of carbonyl (C=O) groups is 2. The third-order valence-electron chi connectivity index (χ3n) is 2.62. The number of benzene rings is 1. The maximum atomic E-state index is 11.9.